The first kappa shape index (κ1) is 12.4. The Kier molecular flexibility index (Phi) is 3.64. The first-order valence-corrected chi connectivity index (χ1v) is 8.01. The second-order valence-electron chi connectivity index (χ2n) is 4.73. The fourth-order valence-electron chi connectivity index (χ4n) is 2.41. The predicted octanol–water partition coefficient (Wildman–Crippen LogP) is 2.71. The van der Waals surface area contributed by atoms with Gasteiger partial charge in [-0.1, -0.05) is 18.2 Å². The van der Waals surface area contributed by atoms with Gasteiger partial charge in [-0.05, 0) is 25.0 Å². The maximum absolute atomic E-state index is 11.4. The second kappa shape index (κ2) is 5.57. The van der Waals surface area contributed by atoms with Crippen molar-refractivity contribution in [3.8, 4) is 0 Å². The second-order valence-corrected chi connectivity index (χ2v) is 6.42. The molecule has 1 aliphatic heterocycles. The van der Waals surface area contributed by atoms with E-state index in [4.69, 9.17) is 0 Å². The summed E-state index contributed by atoms with van der Waals surface area (Å²) in [7, 11) is -0.621. The molecule has 2 heterocycles. The van der Waals surface area contributed by atoms with E-state index >= 15 is 0 Å². The van der Waals surface area contributed by atoms with E-state index in [0.717, 1.165) is 36.0 Å². The molecule has 5 heteroatoms. The molecule has 1 N–H and O–H groups in total. The molecule has 0 atom stereocenters. The van der Waals surface area contributed by atoms with Gasteiger partial charge in [-0.15, -0.1) is 0 Å². The van der Waals surface area contributed by atoms with Crippen LogP contribution in [0.3, 0.4) is 0 Å². The van der Waals surface area contributed by atoms with Crippen LogP contribution < -0.4 is 5.32 Å². The summed E-state index contributed by atoms with van der Waals surface area (Å²) in [5, 5.41) is 3.34. The van der Waals surface area contributed by atoms with Crippen LogP contribution in [-0.4, -0.2) is 25.3 Å². The molecule has 0 bridgehead atoms. The van der Waals surface area contributed by atoms with Gasteiger partial charge in [0, 0.05) is 46.4 Å². The Morgan fingerprint density at radius 3 is 2.68 bits per heavy atom. The van der Waals surface area contributed by atoms with Crippen molar-refractivity contribution in [1.29, 1.82) is 0 Å². The largest absolute Gasteiger partial charge is 0.326 e. The minimum atomic E-state index is -0.621. The summed E-state index contributed by atoms with van der Waals surface area (Å²) in [5.74, 6) is 2.46. The average molecular weight is 275 g/mol. The van der Waals surface area contributed by atoms with Crippen LogP contribution in [-0.2, 0) is 10.8 Å². The Hall–Kier alpha value is -1.62. The zero-order valence-corrected chi connectivity index (χ0v) is 11.5. The van der Waals surface area contributed by atoms with E-state index in [-0.39, 0.29) is 0 Å². The lowest BCUT2D eigenvalue weighted by molar-refractivity contribution is 0.467. The lowest BCUT2D eigenvalue weighted by atomic mass is 10.1. The number of hydrogen-bond donors (Lipinski definition) is 1. The van der Waals surface area contributed by atoms with Gasteiger partial charge in [0.2, 0.25) is 5.95 Å². The molecular formula is C14H17N3OS. The number of benzene rings is 1. The van der Waals surface area contributed by atoms with Crippen LogP contribution >= 0.6 is 0 Å². The standard InChI is InChI=1S/C14H17N3OS/c18-19-10-6-13(7-11-19)17-9-8-15-14(17)16-12-4-2-1-3-5-12/h1-5,8-9,13H,6-7,10-11H2,(H,15,16). The molecule has 1 fully saturated rings. The molecule has 1 aliphatic rings. The van der Waals surface area contributed by atoms with Crippen molar-refractivity contribution in [2.75, 3.05) is 16.8 Å². The van der Waals surface area contributed by atoms with Gasteiger partial charge in [0.25, 0.3) is 0 Å². The van der Waals surface area contributed by atoms with Crippen LogP contribution in [0.2, 0.25) is 0 Å². The fraction of sp³-hybridized carbons (Fsp3) is 0.357. The molecule has 0 saturated carbocycles. The van der Waals surface area contributed by atoms with E-state index in [1.54, 1.807) is 0 Å². The Morgan fingerprint density at radius 1 is 1.21 bits per heavy atom. The van der Waals surface area contributed by atoms with Crippen molar-refractivity contribution in [3.05, 3.63) is 42.7 Å². The zero-order chi connectivity index (χ0) is 13.1. The van der Waals surface area contributed by atoms with E-state index in [0.29, 0.717) is 6.04 Å². The molecule has 0 radical (unpaired) electrons. The first-order valence-electron chi connectivity index (χ1n) is 6.53. The van der Waals surface area contributed by atoms with Crippen LogP contribution in [0.25, 0.3) is 0 Å². The Morgan fingerprint density at radius 2 is 1.95 bits per heavy atom. The summed E-state index contributed by atoms with van der Waals surface area (Å²) in [4.78, 5) is 4.38. The van der Waals surface area contributed by atoms with E-state index < -0.39 is 10.8 Å². The molecule has 3 rings (SSSR count). The molecule has 2 aromatic rings. The predicted molar refractivity (Wildman–Crippen MR) is 78.1 cm³/mol. The number of rotatable bonds is 3. The third-order valence-electron chi connectivity index (χ3n) is 3.45. The van der Waals surface area contributed by atoms with E-state index in [1.807, 2.05) is 42.7 Å². The Labute approximate surface area is 115 Å². The van der Waals surface area contributed by atoms with Crippen molar-refractivity contribution >= 4 is 22.4 Å². The van der Waals surface area contributed by atoms with Gasteiger partial charge in [-0.25, -0.2) is 4.98 Å². The first-order chi connectivity index (χ1) is 9.33. The maximum Gasteiger partial charge on any atom is 0.207 e. The van der Waals surface area contributed by atoms with Crippen molar-refractivity contribution in [2.45, 2.75) is 18.9 Å². The van der Waals surface area contributed by atoms with E-state index in [2.05, 4.69) is 14.9 Å². The molecule has 19 heavy (non-hydrogen) atoms. The van der Waals surface area contributed by atoms with Crippen molar-refractivity contribution < 1.29 is 4.21 Å². The minimum Gasteiger partial charge on any atom is -0.326 e. The molecule has 0 unspecified atom stereocenters. The third-order valence-corrected chi connectivity index (χ3v) is 4.83. The molecule has 4 nitrogen and oxygen atoms in total. The lowest BCUT2D eigenvalue weighted by Gasteiger charge is -2.24. The van der Waals surface area contributed by atoms with Crippen molar-refractivity contribution in [1.82, 2.24) is 9.55 Å². The van der Waals surface area contributed by atoms with E-state index in [9.17, 15) is 4.21 Å². The summed E-state index contributed by atoms with van der Waals surface area (Å²) in [6.45, 7) is 0. The smallest absolute Gasteiger partial charge is 0.207 e. The summed E-state index contributed by atoms with van der Waals surface area (Å²) in [6.07, 6.45) is 5.75. The van der Waals surface area contributed by atoms with Gasteiger partial charge in [0.15, 0.2) is 0 Å². The van der Waals surface area contributed by atoms with Gasteiger partial charge < -0.3 is 9.88 Å². The number of imidazole rings is 1. The fourth-order valence-corrected chi connectivity index (χ4v) is 3.69. The highest BCUT2D eigenvalue weighted by Gasteiger charge is 2.21. The van der Waals surface area contributed by atoms with Gasteiger partial charge >= 0.3 is 0 Å². The lowest BCUT2D eigenvalue weighted by Crippen LogP contribution is -2.22. The number of nitrogens with zero attached hydrogens (tertiary/aromatic N) is 2. The molecule has 0 aliphatic carbocycles. The monoisotopic (exact) mass is 275 g/mol. The van der Waals surface area contributed by atoms with Crippen LogP contribution in [0.4, 0.5) is 11.6 Å². The number of aromatic nitrogens is 2. The quantitative estimate of drug-likeness (QED) is 0.937. The minimum absolute atomic E-state index is 0.409. The zero-order valence-electron chi connectivity index (χ0n) is 10.7. The SMILES string of the molecule is O=S1CCC(n2ccnc2Nc2ccccc2)CC1. The summed E-state index contributed by atoms with van der Waals surface area (Å²) in [5.41, 5.74) is 1.04. The molecule has 1 saturated heterocycles. The topological polar surface area (TPSA) is 46.9 Å². The molecule has 1 aromatic heterocycles. The molecular weight excluding hydrogens is 258 g/mol. The highest BCUT2D eigenvalue weighted by atomic mass is 32.2. The highest BCUT2D eigenvalue weighted by molar-refractivity contribution is 7.85. The summed E-state index contributed by atoms with van der Waals surface area (Å²) >= 11 is 0. The number of para-hydroxylation sites is 1. The van der Waals surface area contributed by atoms with Crippen LogP contribution in [0.1, 0.15) is 18.9 Å². The van der Waals surface area contributed by atoms with Gasteiger partial charge in [0.05, 0.1) is 0 Å². The van der Waals surface area contributed by atoms with E-state index in [1.165, 1.54) is 0 Å². The number of nitrogens with one attached hydrogen (secondary N) is 1. The third kappa shape index (κ3) is 2.87. The normalized spacial score (nSPS) is 23.2. The van der Waals surface area contributed by atoms with Crippen molar-refractivity contribution in [2.24, 2.45) is 0 Å². The van der Waals surface area contributed by atoms with Gasteiger partial charge in [-0.3, -0.25) is 4.21 Å². The van der Waals surface area contributed by atoms with Gasteiger partial charge in [-0.2, -0.15) is 0 Å². The summed E-state index contributed by atoms with van der Waals surface area (Å²) < 4.78 is 13.6. The van der Waals surface area contributed by atoms with Crippen molar-refractivity contribution in [3.63, 3.8) is 0 Å². The Balaban J connectivity index is 1.77. The summed E-state index contributed by atoms with van der Waals surface area (Å²) in [6, 6.07) is 10.4. The average Bonchev–Trinajstić information content (AvgIpc) is 2.89. The molecule has 1 aromatic carbocycles. The van der Waals surface area contributed by atoms with Crippen LogP contribution in [0.5, 0.6) is 0 Å². The molecule has 100 valence electrons. The van der Waals surface area contributed by atoms with Gasteiger partial charge in [0.1, 0.15) is 0 Å². The number of anilines is 2. The van der Waals surface area contributed by atoms with Crippen LogP contribution in [0, 0.1) is 0 Å². The van der Waals surface area contributed by atoms with Crippen LogP contribution in [0.15, 0.2) is 42.7 Å². The maximum atomic E-state index is 11.4. The highest BCUT2D eigenvalue weighted by Crippen LogP contribution is 2.26. The number of hydrogen-bond acceptors (Lipinski definition) is 3. The Bertz CT molecular complexity index is 557. The molecule has 0 spiro atoms. The molecule has 0 amide bonds.